The van der Waals surface area contributed by atoms with E-state index in [1.807, 2.05) is 30.3 Å². The zero-order valence-corrected chi connectivity index (χ0v) is 14.6. The first-order valence-corrected chi connectivity index (χ1v) is 8.44. The molecule has 0 aliphatic carbocycles. The predicted molar refractivity (Wildman–Crippen MR) is 99.0 cm³/mol. The SMILES string of the molecule is CCC(=O)Nc1cccc(C(=O)NCC(Cc2ccccc2)C(=O)O)c1. The van der Waals surface area contributed by atoms with E-state index in [-0.39, 0.29) is 18.4 Å². The summed E-state index contributed by atoms with van der Waals surface area (Å²) in [5.41, 5.74) is 1.80. The van der Waals surface area contributed by atoms with Gasteiger partial charge in [-0.3, -0.25) is 14.4 Å². The van der Waals surface area contributed by atoms with E-state index in [1.54, 1.807) is 31.2 Å². The molecule has 0 saturated carbocycles. The number of rotatable bonds is 8. The van der Waals surface area contributed by atoms with Crippen LogP contribution in [0.1, 0.15) is 29.3 Å². The molecule has 2 aromatic rings. The molecule has 2 rings (SSSR count). The summed E-state index contributed by atoms with van der Waals surface area (Å²) in [6.07, 6.45) is 0.680. The van der Waals surface area contributed by atoms with Crippen molar-refractivity contribution < 1.29 is 19.5 Å². The van der Waals surface area contributed by atoms with Crippen molar-refractivity contribution in [1.29, 1.82) is 0 Å². The average Bonchev–Trinajstić information content (AvgIpc) is 2.65. The smallest absolute Gasteiger partial charge is 0.308 e. The molecule has 0 aliphatic heterocycles. The second kappa shape index (κ2) is 9.36. The van der Waals surface area contributed by atoms with Crippen LogP contribution in [0.25, 0.3) is 0 Å². The third-order valence-electron chi connectivity index (χ3n) is 3.91. The lowest BCUT2D eigenvalue weighted by Crippen LogP contribution is -2.34. The first-order valence-electron chi connectivity index (χ1n) is 8.44. The fourth-order valence-electron chi connectivity index (χ4n) is 2.45. The molecule has 1 unspecified atom stereocenters. The van der Waals surface area contributed by atoms with Gasteiger partial charge < -0.3 is 15.7 Å². The molecule has 0 saturated heterocycles. The lowest BCUT2D eigenvalue weighted by atomic mass is 9.99. The van der Waals surface area contributed by atoms with Crippen LogP contribution in [0.3, 0.4) is 0 Å². The summed E-state index contributed by atoms with van der Waals surface area (Å²) in [5.74, 6) is -2.20. The molecule has 0 bridgehead atoms. The van der Waals surface area contributed by atoms with Gasteiger partial charge in [-0.25, -0.2) is 0 Å². The minimum atomic E-state index is -0.960. The van der Waals surface area contributed by atoms with Crippen molar-refractivity contribution in [3.8, 4) is 0 Å². The highest BCUT2D eigenvalue weighted by Gasteiger charge is 2.19. The molecule has 0 radical (unpaired) electrons. The molecule has 3 N–H and O–H groups in total. The van der Waals surface area contributed by atoms with Gasteiger partial charge in [-0.05, 0) is 30.2 Å². The lowest BCUT2D eigenvalue weighted by Gasteiger charge is -2.14. The van der Waals surface area contributed by atoms with Gasteiger partial charge in [-0.15, -0.1) is 0 Å². The zero-order chi connectivity index (χ0) is 18.9. The number of amides is 2. The Bertz CT molecular complexity index is 774. The molecule has 26 heavy (non-hydrogen) atoms. The summed E-state index contributed by atoms with van der Waals surface area (Å²) < 4.78 is 0. The number of carbonyl (C=O) groups excluding carboxylic acids is 2. The molecule has 136 valence electrons. The summed E-state index contributed by atoms with van der Waals surface area (Å²) in [6.45, 7) is 1.76. The van der Waals surface area contributed by atoms with E-state index >= 15 is 0 Å². The molecule has 0 aliphatic rings. The predicted octanol–water partition coefficient (Wildman–Crippen LogP) is 2.71. The number of anilines is 1. The van der Waals surface area contributed by atoms with Crippen molar-refractivity contribution in [2.45, 2.75) is 19.8 Å². The van der Waals surface area contributed by atoms with Crippen molar-refractivity contribution in [1.82, 2.24) is 5.32 Å². The average molecular weight is 354 g/mol. The van der Waals surface area contributed by atoms with Crippen molar-refractivity contribution in [2.24, 2.45) is 5.92 Å². The number of hydrogen-bond acceptors (Lipinski definition) is 3. The summed E-state index contributed by atoms with van der Waals surface area (Å²) in [7, 11) is 0. The van der Waals surface area contributed by atoms with E-state index in [0.717, 1.165) is 5.56 Å². The van der Waals surface area contributed by atoms with Crippen LogP contribution in [0.15, 0.2) is 54.6 Å². The van der Waals surface area contributed by atoms with Gasteiger partial charge in [0.15, 0.2) is 0 Å². The largest absolute Gasteiger partial charge is 0.481 e. The molecule has 0 spiro atoms. The number of aliphatic carboxylic acids is 1. The number of benzene rings is 2. The normalized spacial score (nSPS) is 11.4. The third-order valence-corrected chi connectivity index (χ3v) is 3.91. The number of hydrogen-bond donors (Lipinski definition) is 3. The molecule has 6 nitrogen and oxygen atoms in total. The lowest BCUT2D eigenvalue weighted by molar-refractivity contribution is -0.141. The third kappa shape index (κ3) is 5.73. The summed E-state index contributed by atoms with van der Waals surface area (Å²) in [5, 5.41) is 14.7. The Morgan fingerprint density at radius 1 is 1.04 bits per heavy atom. The number of carbonyl (C=O) groups is 3. The molecule has 6 heteroatoms. The number of carboxylic acids is 1. The number of carboxylic acid groups (broad SMARTS) is 1. The van der Waals surface area contributed by atoms with Gasteiger partial charge in [-0.1, -0.05) is 43.3 Å². The van der Waals surface area contributed by atoms with Crippen molar-refractivity contribution in [2.75, 3.05) is 11.9 Å². The fraction of sp³-hybridized carbons (Fsp3) is 0.250. The molecule has 0 heterocycles. The second-order valence-corrected chi connectivity index (χ2v) is 5.92. The highest BCUT2D eigenvalue weighted by molar-refractivity contribution is 5.97. The van der Waals surface area contributed by atoms with E-state index in [1.165, 1.54) is 0 Å². The van der Waals surface area contributed by atoms with E-state index in [2.05, 4.69) is 10.6 Å². The first kappa shape index (κ1) is 19.2. The van der Waals surface area contributed by atoms with Gasteiger partial charge in [0.1, 0.15) is 0 Å². The van der Waals surface area contributed by atoms with E-state index in [4.69, 9.17) is 0 Å². The van der Waals surface area contributed by atoms with Gasteiger partial charge in [-0.2, -0.15) is 0 Å². The zero-order valence-electron chi connectivity index (χ0n) is 14.6. The Kier molecular flexibility index (Phi) is 6.91. The number of nitrogens with one attached hydrogen (secondary N) is 2. The van der Waals surface area contributed by atoms with Gasteiger partial charge in [0.2, 0.25) is 5.91 Å². The Balaban J connectivity index is 1.98. The maximum Gasteiger partial charge on any atom is 0.308 e. The van der Waals surface area contributed by atoms with E-state index in [0.29, 0.717) is 24.1 Å². The maximum absolute atomic E-state index is 12.3. The highest BCUT2D eigenvalue weighted by atomic mass is 16.4. The minimum absolute atomic E-state index is 0.0224. The summed E-state index contributed by atoms with van der Waals surface area (Å²) in [4.78, 5) is 35.2. The minimum Gasteiger partial charge on any atom is -0.481 e. The second-order valence-electron chi connectivity index (χ2n) is 5.92. The van der Waals surface area contributed by atoms with Crippen molar-refractivity contribution >= 4 is 23.5 Å². The van der Waals surface area contributed by atoms with Crippen molar-refractivity contribution in [3.63, 3.8) is 0 Å². The molecule has 2 amide bonds. The Morgan fingerprint density at radius 2 is 1.77 bits per heavy atom. The van der Waals surface area contributed by atoms with Crippen LogP contribution in [-0.2, 0) is 16.0 Å². The van der Waals surface area contributed by atoms with Crippen LogP contribution in [0.4, 0.5) is 5.69 Å². The standard InChI is InChI=1S/C20H22N2O4/c1-2-18(23)22-17-10-6-9-15(12-17)19(24)21-13-16(20(25)26)11-14-7-4-3-5-8-14/h3-10,12,16H,2,11,13H2,1H3,(H,21,24)(H,22,23)(H,25,26). The van der Waals surface area contributed by atoms with Crippen LogP contribution >= 0.6 is 0 Å². The molecule has 1 atom stereocenters. The van der Waals surface area contributed by atoms with Gasteiger partial charge in [0.25, 0.3) is 5.91 Å². The molecular formula is C20H22N2O4. The van der Waals surface area contributed by atoms with Crippen LogP contribution in [0.5, 0.6) is 0 Å². The quantitative estimate of drug-likeness (QED) is 0.679. The van der Waals surface area contributed by atoms with Crippen LogP contribution < -0.4 is 10.6 Å². The van der Waals surface area contributed by atoms with E-state index in [9.17, 15) is 19.5 Å². The first-order chi connectivity index (χ1) is 12.5. The monoisotopic (exact) mass is 354 g/mol. The fourth-order valence-corrected chi connectivity index (χ4v) is 2.45. The Morgan fingerprint density at radius 3 is 2.42 bits per heavy atom. The topological polar surface area (TPSA) is 95.5 Å². The molecular weight excluding hydrogens is 332 g/mol. The molecule has 2 aromatic carbocycles. The van der Waals surface area contributed by atoms with Gasteiger partial charge in [0.05, 0.1) is 5.92 Å². The van der Waals surface area contributed by atoms with Crippen molar-refractivity contribution in [3.05, 3.63) is 65.7 Å². The summed E-state index contributed by atoms with van der Waals surface area (Å²) in [6, 6.07) is 15.8. The van der Waals surface area contributed by atoms with Crippen LogP contribution in [-0.4, -0.2) is 29.4 Å². The Labute approximate surface area is 152 Å². The molecule has 0 aromatic heterocycles. The Hall–Kier alpha value is -3.15. The molecule has 0 fully saturated rings. The van der Waals surface area contributed by atoms with E-state index < -0.39 is 11.9 Å². The van der Waals surface area contributed by atoms with Gasteiger partial charge in [0, 0.05) is 24.2 Å². The maximum atomic E-state index is 12.3. The van der Waals surface area contributed by atoms with Crippen LogP contribution in [0.2, 0.25) is 0 Å². The summed E-state index contributed by atoms with van der Waals surface area (Å²) >= 11 is 0. The van der Waals surface area contributed by atoms with Crippen LogP contribution in [0, 0.1) is 5.92 Å². The highest BCUT2D eigenvalue weighted by Crippen LogP contribution is 2.12. The van der Waals surface area contributed by atoms with Gasteiger partial charge >= 0.3 is 5.97 Å².